The van der Waals surface area contributed by atoms with Crippen molar-refractivity contribution in [2.75, 3.05) is 14.2 Å². The maximum absolute atomic E-state index is 11.3. The summed E-state index contributed by atoms with van der Waals surface area (Å²) in [6.07, 6.45) is 3.34. The number of nitrogens with zero attached hydrogens (tertiary/aromatic N) is 1. The molecule has 110 valence electrons. The van der Waals surface area contributed by atoms with Crippen molar-refractivity contribution in [2.45, 2.75) is 32.0 Å². The summed E-state index contributed by atoms with van der Waals surface area (Å²) in [6.45, 7) is 6.25. The van der Waals surface area contributed by atoms with Gasteiger partial charge in [-0.3, -0.25) is 4.79 Å². The Morgan fingerprint density at radius 2 is 1.95 bits per heavy atom. The minimum Gasteiger partial charge on any atom is -0.497 e. The second-order valence-corrected chi connectivity index (χ2v) is 4.66. The summed E-state index contributed by atoms with van der Waals surface area (Å²) in [6, 6.07) is 7.67. The van der Waals surface area contributed by atoms with E-state index in [1.807, 2.05) is 31.2 Å². The van der Waals surface area contributed by atoms with E-state index in [0.717, 1.165) is 17.7 Å². The van der Waals surface area contributed by atoms with E-state index in [-0.39, 0.29) is 12.1 Å². The third kappa shape index (κ3) is 4.38. The molecule has 0 aliphatic rings. The molecule has 0 N–H and O–H groups in total. The van der Waals surface area contributed by atoms with Gasteiger partial charge in [0.15, 0.2) is 0 Å². The number of rotatable bonds is 9. The number of amides is 1. The first-order chi connectivity index (χ1) is 9.65. The van der Waals surface area contributed by atoms with Gasteiger partial charge in [0.2, 0.25) is 6.41 Å². The van der Waals surface area contributed by atoms with Crippen molar-refractivity contribution in [3.63, 3.8) is 0 Å². The van der Waals surface area contributed by atoms with Gasteiger partial charge in [-0.2, -0.15) is 0 Å². The van der Waals surface area contributed by atoms with Gasteiger partial charge in [-0.05, 0) is 31.0 Å². The Balaban J connectivity index is 2.73. The third-order valence-corrected chi connectivity index (χ3v) is 3.42. The van der Waals surface area contributed by atoms with Crippen molar-refractivity contribution in [1.29, 1.82) is 0 Å². The predicted octanol–water partition coefficient (Wildman–Crippen LogP) is 2.63. The molecule has 0 radical (unpaired) electrons. The number of benzene rings is 1. The standard InChI is InChI=1S/C16H23NO3/c1-5-6-16(20-4)13(2)17(12-18)11-14-7-9-15(19-3)10-8-14/h5,7-10,12-13,16H,1,6,11H2,2-4H3. The molecule has 2 unspecified atom stereocenters. The van der Waals surface area contributed by atoms with Crippen LogP contribution in [0.1, 0.15) is 18.9 Å². The molecule has 0 saturated carbocycles. The quantitative estimate of drug-likeness (QED) is 0.514. The van der Waals surface area contributed by atoms with Crippen molar-refractivity contribution in [3.8, 4) is 5.75 Å². The highest BCUT2D eigenvalue weighted by Gasteiger charge is 2.21. The van der Waals surface area contributed by atoms with Crippen LogP contribution in [0.2, 0.25) is 0 Å². The fraction of sp³-hybridized carbons (Fsp3) is 0.438. The molecule has 0 fully saturated rings. The van der Waals surface area contributed by atoms with E-state index in [2.05, 4.69) is 6.58 Å². The van der Waals surface area contributed by atoms with E-state index in [9.17, 15) is 4.79 Å². The molecule has 20 heavy (non-hydrogen) atoms. The summed E-state index contributed by atoms with van der Waals surface area (Å²) in [5.41, 5.74) is 1.05. The Morgan fingerprint density at radius 1 is 1.30 bits per heavy atom. The van der Waals surface area contributed by atoms with Gasteiger partial charge in [0, 0.05) is 13.7 Å². The molecule has 0 bridgehead atoms. The number of hydrogen-bond acceptors (Lipinski definition) is 3. The van der Waals surface area contributed by atoms with E-state index >= 15 is 0 Å². The first-order valence-corrected chi connectivity index (χ1v) is 6.63. The number of carbonyl (C=O) groups is 1. The molecule has 0 aliphatic carbocycles. The Bertz CT molecular complexity index is 416. The van der Waals surface area contributed by atoms with Crippen LogP contribution in [0.3, 0.4) is 0 Å². The van der Waals surface area contributed by atoms with Gasteiger partial charge in [-0.1, -0.05) is 18.2 Å². The van der Waals surface area contributed by atoms with Gasteiger partial charge in [-0.25, -0.2) is 0 Å². The van der Waals surface area contributed by atoms with Crippen molar-refractivity contribution >= 4 is 6.41 Å². The summed E-state index contributed by atoms with van der Waals surface area (Å²) in [4.78, 5) is 13.1. The second kappa shape index (κ2) is 8.38. The maximum atomic E-state index is 11.3. The summed E-state index contributed by atoms with van der Waals surface area (Å²) in [5, 5.41) is 0. The van der Waals surface area contributed by atoms with Crippen molar-refractivity contribution in [3.05, 3.63) is 42.5 Å². The number of ether oxygens (including phenoxy) is 2. The van der Waals surface area contributed by atoms with E-state index in [1.54, 1.807) is 25.2 Å². The zero-order chi connectivity index (χ0) is 15.0. The lowest BCUT2D eigenvalue weighted by molar-refractivity contribution is -0.123. The fourth-order valence-corrected chi connectivity index (χ4v) is 2.09. The number of methoxy groups -OCH3 is 2. The Morgan fingerprint density at radius 3 is 2.40 bits per heavy atom. The average Bonchev–Trinajstić information content (AvgIpc) is 2.50. The topological polar surface area (TPSA) is 38.8 Å². The monoisotopic (exact) mass is 277 g/mol. The molecule has 1 amide bonds. The lowest BCUT2D eigenvalue weighted by Gasteiger charge is -2.30. The zero-order valence-electron chi connectivity index (χ0n) is 12.4. The molecule has 1 aromatic rings. The highest BCUT2D eigenvalue weighted by atomic mass is 16.5. The highest BCUT2D eigenvalue weighted by molar-refractivity contribution is 5.48. The van der Waals surface area contributed by atoms with E-state index in [4.69, 9.17) is 9.47 Å². The average molecular weight is 277 g/mol. The molecule has 2 atom stereocenters. The third-order valence-electron chi connectivity index (χ3n) is 3.42. The van der Waals surface area contributed by atoms with E-state index in [1.165, 1.54) is 0 Å². The van der Waals surface area contributed by atoms with Crippen LogP contribution in [-0.2, 0) is 16.1 Å². The van der Waals surface area contributed by atoms with E-state index < -0.39 is 0 Å². The molecule has 4 heteroatoms. The van der Waals surface area contributed by atoms with Gasteiger partial charge >= 0.3 is 0 Å². The lowest BCUT2D eigenvalue weighted by Crippen LogP contribution is -2.41. The summed E-state index contributed by atoms with van der Waals surface area (Å²) < 4.78 is 10.5. The fourth-order valence-electron chi connectivity index (χ4n) is 2.09. The maximum Gasteiger partial charge on any atom is 0.210 e. The van der Waals surface area contributed by atoms with Crippen molar-refractivity contribution in [2.24, 2.45) is 0 Å². The molecule has 0 aliphatic heterocycles. The van der Waals surface area contributed by atoms with Gasteiger partial charge in [-0.15, -0.1) is 6.58 Å². The van der Waals surface area contributed by atoms with E-state index in [0.29, 0.717) is 13.0 Å². The molecule has 0 heterocycles. The molecule has 1 aromatic carbocycles. The van der Waals surface area contributed by atoms with Crippen molar-refractivity contribution < 1.29 is 14.3 Å². The van der Waals surface area contributed by atoms with Gasteiger partial charge in [0.1, 0.15) is 5.75 Å². The molecule has 0 saturated heterocycles. The Kier molecular flexibility index (Phi) is 6.81. The molecular weight excluding hydrogens is 254 g/mol. The summed E-state index contributed by atoms with van der Waals surface area (Å²) in [7, 11) is 3.29. The largest absolute Gasteiger partial charge is 0.497 e. The minimum atomic E-state index is -0.0454. The smallest absolute Gasteiger partial charge is 0.210 e. The van der Waals surface area contributed by atoms with Gasteiger partial charge in [0.05, 0.1) is 19.3 Å². The zero-order valence-corrected chi connectivity index (χ0v) is 12.4. The first-order valence-electron chi connectivity index (χ1n) is 6.63. The summed E-state index contributed by atoms with van der Waals surface area (Å²) >= 11 is 0. The Labute approximate surface area is 121 Å². The number of carbonyl (C=O) groups excluding carboxylic acids is 1. The van der Waals surface area contributed by atoms with Crippen LogP contribution in [0.5, 0.6) is 5.75 Å². The lowest BCUT2D eigenvalue weighted by atomic mass is 10.1. The van der Waals surface area contributed by atoms with Crippen LogP contribution in [0, 0.1) is 0 Å². The normalized spacial score (nSPS) is 13.3. The SMILES string of the molecule is C=CCC(OC)C(C)N(C=O)Cc1ccc(OC)cc1. The minimum absolute atomic E-state index is 0.0161. The molecule has 0 aromatic heterocycles. The van der Waals surface area contributed by atoms with Crippen molar-refractivity contribution in [1.82, 2.24) is 4.90 Å². The molecular formula is C16H23NO3. The molecule has 4 nitrogen and oxygen atoms in total. The number of hydrogen-bond donors (Lipinski definition) is 0. The van der Waals surface area contributed by atoms with Gasteiger partial charge < -0.3 is 14.4 Å². The van der Waals surface area contributed by atoms with Crippen LogP contribution >= 0.6 is 0 Å². The van der Waals surface area contributed by atoms with Gasteiger partial charge in [0.25, 0.3) is 0 Å². The predicted molar refractivity (Wildman–Crippen MR) is 79.7 cm³/mol. The van der Waals surface area contributed by atoms with Crippen LogP contribution in [0.25, 0.3) is 0 Å². The van der Waals surface area contributed by atoms with Crippen LogP contribution in [-0.4, -0.2) is 37.7 Å². The summed E-state index contributed by atoms with van der Waals surface area (Å²) in [5.74, 6) is 0.806. The Hall–Kier alpha value is -1.81. The first kappa shape index (κ1) is 16.2. The van der Waals surface area contributed by atoms with Crippen LogP contribution < -0.4 is 4.74 Å². The van der Waals surface area contributed by atoms with Crippen LogP contribution in [0.4, 0.5) is 0 Å². The molecule has 0 spiro atoms. The highest BCUT2D eigenvalue weighted by Crippen LogP contribution is 2.16. The van der Waals surface area contributed by atoms with Crippen LogP contribution in [0.15, 0.2) is 36.9 Å². The molecule has 1 rings (SSSR count). The second-order valence-electron chi connectivity index (χ2n) is 4.66.